The van der Waals surface area contributed by atoms with Crippen LogP contribution in [0.5, 0.6) is 0 Å². The van der Waals surface area contributed by atoms with Gasteiger partial charge >= 0.3 is 0 Å². The van der Waals surface area contributed by atoms with E-state index in [2.05, 4.69) is 10.2 Å². The quantitative estimate of drug-likeness (QED) is 0.660. The number of hydrogen-bond acceptors (Lipinski definition) is 5. The molecule has 1 rings (SSSR count). The van der Waals surface area contributed by atoms with Crippen molar-refractivity contribution < 1.29 is 13.2 Å². The third-order valence-electron chi connectivity index (χ3n) is 2.69. The van der Waals surface area contributed by atoms with E-state index in [9.17, 15) is 8.42 Å². The molecule has 6 heteroatoms. The third-order valence-corrected chi connectivity index (χ3v) is 4.30. The highest BCUT2D eigenvalue weighted by Crippen LogP contribution is 2.08. The van der Waals surface area contributed by atoms with E-state index in [0.717, 1.165) is 6.54 Å². The fraction of sp³-hybridized carbons (Fsp3) is 1.00. The second-order valence-corrected chi connectivity index (χ2v) is 6.16. The maximum atomic E-state index is 11.3. The van der Waals surface area contributed by atoms with Crippen LogP contribution in [0.4, 0.5) is 0 Å². The lowest BCUT2D eigenvalue weighted by molar-refractivity contribution is 0.0956. The topological polar surface area (TPSA) is 58.6 Å². The van der Waals surface area contributed by atoms with Crippen molar-refractivity contribution >= 4 is 9.84 Å². The zero-order valence-corrected chi connectivity index (χ0v) is 10.2. The maximum Gasteiger partial charge on any atom is 0.152 e. The first-order chi connectivity index (χ1) is 7.09. The summed E-state index contributed by atoms with van der Waals surface area (Å²) < 4.78 is 27.7. The predicted octanol–water partition coefficient (Wildman–Crippen LogP) is -1.05. The Hall–Kier alpha value is -0.170. The molecular formula is C9H20N2O3S. The lowest BCUT2D eigenvalue weighted by Gasteiger charge is -2.33. The van der Waals surface area contributed by atoms with Gasteiger partial charge in [-0.3, -0.25) is 4.90 Å². The standard InChI is InChI=1S/C9H20N2O3S/c1-10-7-9(8-14-2)11-3-5-15(12,13)6-4-11/h9-10H,3-8H2,1-2H3. The van der Waals surface area contributed by atoms with Crippen molar-refractivity contribution in [3.63, 3.8) is 0 Å². The minimum Gasteiger partial charge on any atom is -0.383 e. The summed E-state index contributed by atoms with van der Waals surface area (Å²) in [4.78, 5) is 2.18. The van der Waals surface area contributed by atoms with Crippen molar-refractivity contribution in [3.8, 4) is 0 Å². The van der Waals surface area contributed by atoms with Crippen LogP contribution in [-0.2, 0) is 14.6 Å². The van der Waals surface area contributed by atoms with Crippen LogP contribution in [0.25, 0.3) is 0 Å². The molecule has 0 aromatic rings. The van der Waals surface area contributed by atoms with Gasteiger partial charge in [-0.1, -0.05) is 0 Å². The van der Waals surface area contributed by atoms with Crippen LogP contribution in [-0.4, -0.2) is 71.3 Å². The highest BCUT2D eigenvalue weighted by atomic mass is 32.2. The van der Waals surface area contributed by atoms with Crippen molar-refractivity contribution in [1.82, 2.24) is 10.2 Å². The van der Waals surface area contributed by atoms with E-state index in [1.54, 1.807) is 7.11 Å². The van der Waals surface area contributed by atoms with Gasteiger partial charge in [0.15, 0.2) is 9.84 Å². The summed E-state index contributed by atoms with van der Waals surface area (Å²) in [6, 6.07) is 0.274. The molecule has 0 radical (unpaired) electrons. The van der Waals surface area contributed by atoms with Crippen molar-refractivity contribution in [1.29, 1.82) is 0 Å². The van der Waals surface area contributed by atoms with Gasteiger partial charge in [-0.05, 0) is 7.05 Å². The largest absolute Gasteiger partial charge is 0.383 e. The van der Waals surface area contributed by atoms with Gasteiger partial charge in [-0.15, -0.1) is 0 Å². The molecule has 1 saturated heterocycles. The number of likely N-dealkylation sites (N-methyl/N-ethyl adjacent to an activating group) is 1. The molecule has 0 amide bonds. The number of nitrogens with one attached hydrogen (secondary N) is 1. The van der Waals surface area contributed by atoms with Gasteiger partial charge in [0.1, 0.15) is 0 Å². The first-order valence-electron chi connectivity index (χ1n) is 5.17. The number of rotatable bonds is 5. The molecule has 0 bridgehead atoms. The Labute approximate surface area is 91.7 Å². The van der Waals surface area contributed by atoms with Crippen LogP contribution in [0.1, 0.15) is 0 Å². The van der Waals surface area contributed by atoms with Gasteiger partial charge in [0.05, 0.1) is 18.1 Å². The van der Waals surface area contributed by atoms with Crippen LogP contribution in [0.15, 0.2) is 0 Å². The van der Waals surface area contributed by atoms with Crippen molar-refractivity contribution in [3.05, 3.63) is 0 Å². The fourth-order valence-corrected chi connectivity index (χ4v) is 3.04. The molecule has 1 fully saturated rings. The van der Waals surface area contributed by atoms with Crippen LogP contribution in [0.2, 0.25) is 0 Å². The zero-order chi connectivity index (χ0) is 11.3. The number of ether oxygens (including phenoxy) is 1. The summed E-state index contributed by atoms with van der Waals surface area (Å²) in [6.07, 6.45) is 0. The molecule has 90 valence electrons. The Morgan fingerprint density at radius 1 is 1.40 bits per heavy atom. The van der Waals surface area contributed by atoms with E-state index in [1.165, 1.54) is 0 Å². The molecule has 1 heterocycles. The summed E-state index contributed by atoms with van der Waals surface area (Å²) in [6.45, 7) is 2.71. The summed E-state index contributed by atoms with van der Waals surface area (Å²) in [5, 5.41) is 3.10. The number of nitrogens with zero attached hydrogens (tertiary/aromatic N) is 1. The van der Waals surface area contributed by atoms with Crippen molar-refractivity contribution in [2.45, 2.75) is 6.04 Å². The van der Waals surface area contributed by atoms with Gasteiger partial charge in [0, 0.05) is 32.8 Å². The van der Waals surface area contributed by atoms with Gasteiger partial charge in [-0.2, -0.15) is 0 Å². The molecule has 1 aliphatic heterocycles. The second kappa shape index (κ2) is 5.79. The molecule has 0 aromatic heterocycles. The maximum absolute atomic E-state index is 11.3. The summed E-state index contributed by atoms with van der Waals surface area (Å²) in [5.74, 6) is 0.549. The van der Waals surface area contributed by atoms with Crippen LogP contribution in [0, 0.1) is 0 Å². The minimum atomic E-state index is -2.78. The molecule has 1 unspecified atom stereocenters. The Kier molecular flexibility index (Phi) is 4.98. The third kappa shape index (κ3) is 4.06. The van der Waals surface area contributed by atoms with E-state index in [0.29, 0.717) is 19.7 Å². The minimum absolute atomic E-state index is 0.274. The Morgan fingerprint density at radius 2 is 2.00 bits per heavy atom. The second-order valence-electron chi connectivity index (χ2n) is 3.85. The van der Waals surface area contributed by atoms with Crippen molar-refractivity contribution in [2.24, 2.45) is 0 Å². The first kappa shape index (κ1) is 12.9. The first-order valence-corrected chi connectivity index (χ1v) is 6.99. The van der Waals surface area contributed by atoms with Crippen LogP contribution >= 0.6 is 0 Å². The molecule has 1 atom stereocenters. The molecule has 0 aromatic carbocycles. The van der Waals surface area contributed by atoms with Gasteiger partial charge in [-0.25, -0.2) is 8.42 Å². The molecule has 0 saturated carbocycles. The summed E-state index contributed by atoms with van der Waals surface area (Å²) in [7, 11) is 0.780. The average molecular weight is 236 g/mol. The lowest BCUT2D eigenvalue weighted by Crippen LogP contribution is -2.51. The average Bonchev–Trinajstić information content (AvgIpc) is 2.18. The van der Waals surface area contributed by atoms with Gasteiger partial charge < -0.3 is 10.1 Å². The van der Waals surface area contributed by atoms with E-state index in [1.807, 2.05) is 7.05 Å². The van der Waals surface area contributed by atoms with E-state index in [4.69, 9.17) is 4.74 Å². The van der Waals surface area contributed by atoms with E-state index in [-0.39, 0.29) is 17.5 Å². The number of sulfone groups is 1. The van der Waals surface area contributed by atoms with Crippen LogP contribution in [0.3, 0.4) is 0 Å². The lowest BCUT2D eigenvalue weighted by atomic mass is 10.2. The summed E-state index contributed by atoms with van der Waals surface area (Å²) >= 11 is 0. The molecule has 15 heavy (non-hydrogen) atoms. The van der Waals surface area contributed by atoms with E-state index >= 15 is 0 Å². The fourth-order valence-electron chi connectivity index (χ4n) is 1.81. The smallest absolute Gasteiger partial charge is 0.152 e. The summed E-state index contributed by atoms with van der Waals surface area (Å²) in [5.41, 5.74) is 0. The normalized spacial score (nSPS) is 23.9. The Bertz CT molecular complexity index is 259. The van der Waals surface area contributed by atoms with E-state index < -0.39 is 9.84 Å². The van der Waals surface area contributed by atoms with Crippen molar-refractivity contribution in [2.75, 3.05) is 51.9 Å². The molecule has 1 N–H and O–H groups in total. The highest BCUT2D eigenvalue weighted by Gasteiger charge is 2.26. The van der Waals surface area contributed by atoms with Gasteiger partial charge in [0.25, 0.3) is 0 Å². The van der Waals surface area contributed by atoms with Crippen LogP contribution < -0.4 is 5.32 Å². The monoisotopic (exact) mass is 236 g/mol. The number of methoxy groups -OCH3 is 1. The number of hydrogen-bond donors (Lipinski definition) is 1. The zero-order valence-electron chi connectivity index (χ0n) is 9.40. The highest BCUT2D eigenvalue weighted by molar-refractivity contribution is 7.91. The molecule has 0 spiro atoms. The molecule has 1 aliphatic rings. The molecular weight excluding hydrogens is 216 g/mol. The SMILES string of the molecule is CNCC(COC)N1CCS(=O)(=O)CC1. The van der Waals surface area contributed by atoms with Gasteiger partial charge in [0.2, 0.25) is 0 Å². The molecule has 5 nitrogen and oxygen atoms in total. The Balaban J connectivity index is 2.48. The predicted molar refractivity (Wildman–Crippen MR) is 59.8 cm³/mol. The Morgan fingerprint density at radius 3 is 2.47 bits per heavy atom. The molecule has 0 aliphatic carbocycles.